The number of esters is 1. The van der Waals surface area contributed by atoms with Gasteiger partial charge in [0.1, 0.15) is 17.1 Å². The lowest BCUT2D eigenvalue weighted by Gasteiger charge is -2.33. The first-order valence-corrected chi connectivity index (χ1v) is 9.56. The first-order valence-electron chi connectivity index (χ1n) is 9.56. The molecule has 7 nitrogen and oxygen atoms in total. The smallest absolute Gasteiger partial charge is 0.349 e. The van der Waals surface area contributed by atoms with E-state index in [4.69, 9.17) is 9.15 Å². The first kappa shape index (κ1) is 20.6. The average Bonchev–Trinajstić information content (AvgIpc) is 2.68. The van der Waals surface area contributed by atoms with Gasteiger partial charge in [-0.1, -0.05) is 12.1 Å². The molecule has 1 saturated carbocycles. The summed E-state index contributed by atoms with van der Waals surface area (Å²) in [6.07, 6.45) is 2.29. The van der Waals surface area contributed by atoms with Crippen molar-refractivity contribution in [2.75, 3.05) is 14.2 Å². The van der Waals surface area contributed by atoms with Crippen molar-refractivity contribution in [2.24, 2.45) is 5.92 Å². The number of ether oxygens (including phenoxy) is 2. The normalized spacial score (nSPS) is 17.9. The highest BCUT2D eigenvalue weighted by Crippen LogP contribution is 2.28. The van der Waals surface area contributed by atoms with Crippen LogP contribution in [0.4, 0.5) is 0 Å². The second-order valence-electron chi connectivity index (χ2n) is 7.27. The fourth-order valence-corrected chi connectivity index (χ4v) is 3.48. The highest BCUT2D eigenvalue weighted by Gasteiger charge is 2.36. The highest BCUT2D eigenvalue weighted by molar-refractivity contribution is 5.95. The minimum absolute atomic E-state index is 0.0136. The average molecular weight is 399 g/mol. The second kappa shape index (κ2) is 8.94. The lowest BCUT2D eigenvalue weighted by atomic mass is 9.80. The summed E-state index contributed by atoms with van der Waals surface area (Å²) < 4.78 is 15.2. The standard InChI is InChI=1S/C22H25NO6/c1-13-10-18(9-6-14-4-7-17(27-2)8-5-14)29-22(26)19(13)20(24)23-16-11-15(12-16)21(25)28-3/h4-5,7-8,10,15-16H,6,9,11-12H2,1-3H3,(H,23,24). The maximum absolute atomic E-state index is 12.5. The van der Waals surface area contributed by atoms with Gasteiger partial charge in [-0.15, -0.1) is 0 Å². The molecule has 1 N–H and O–H groups in total. The Hall–Kier alpha value is -3.09. The molecule has 1 aliphatic carbocycles. The van der Waals surface area contributed by atoms with Gasteiger partial charge in [-0.2, -0.15) is 0 Å². The highest BCUT2D eigenvalue weighted by atomic mass is 16.5. The molecule has 2 aromatic rings. The van der Waals surface area contributed by atoms with Crippen molar-refractivity contribution >= 4 is 11.9 Å². The molecule has 1 fully saturated rings. The van der Waals surface area contributed by atoms with Gasteiger partial charge in [0, 0.05) is 12.5 Å². The minimum atomic E-state index is -0.643. The first-order chi connectivity index (χ1) is 13.9. The van der Waals surface area contributed by atoms with Gasteiger partial charge in [-0.25, -0.2) is 4.79 Å². The van der Waals surface area contributed by atoms with Crippen LogP contribution in [-0.4, -0.2) is 32.1 Å². The van der Waals surface area contributed by atoms with Crippen LogP contribution in [0.25, 0.3) is 0 Å². The van der Waals surface area contributed by atoms with E-state index in [1.165, 1.54) is 7.11 Å². The van der Waals surface area contributed by atoms with Gasteiger partial charge in [-0.3, -0.25) is 9.59 Å². The number of aryl methyl sites for hydroxylation is 3. The van der Waals surface area contributed by atoms with E-state index in [9.17, 15) is 14.4 Å². The molecule has 1 aliphatic rings. The summed E-state index contributed by atoms with van der Waals surface area (Å²) in [5.74, 6) is 0.395. The monoisotopic (exact) mass is 399 g/mol. The van der Waals surface area contributed by atoms with Gasteiger partial charge in [0.15, 0.2) is 0 Å². The maximum Gasteiger partial charge on any atom is 0.349 e. The summed E-state index contributed by atoms with van der Waals surface area (Å²) in [5, 5.41) is 2.79. The van der Waals surface area contributed by atoms with Crippen molar-refractivity contribution in [2.45, 2.75) is 38.6 Å². The number of rotatable bonds is 7. The third kappa shape index (κ3) is 4.85. The van der Waals surface area contributed by atoms with E-state index < -0.39 is 11.5 Å². The maximum atomic E-state index is 12.5. The van der Waals surface area contributed by atoms with E-state index in [0.29, 0.717) is 37.0 Å². The van der Waals surface area contributed by atoms with E-state index >= 15 is 0 Å². The fourth-order valence-electron chi connectivity index (χ4n) is 3.48. The molecule has 0 saturated heterocycles. The van der Waals surface area contributed by atoms with Gasteiger partial charge >= 0.3 is 11.6 Å². The number of carbonyl (C=O) groups is 2. The van der Waals surface area contributed by atoms with Crippen LogP contribution in [0.1, 0.15) is 40.1 Å². The van der Waals surface area contributed by atoms with Crippen LogP contribution in [0.15, 0.2) is 39.5 Å². The van der Waals surface area contributed by atoms with Gasteiger partial charge in [0.2, 0.25) is 0 Å². The van der Waals surface area contributed by atoms with Crippen molar-refractivity contribution in [1.82, 2.24) is 5.32 Å². The molecule has 0 radical (unpaired) electrons. The summed E-state index contributed by atoms with van der Waals surface area (Å²) in [5.41, 5.74) is 1.04. The molecule has 29 heavy (non-hydrogen) atoms. The van der Waals surface area contributed by atoms with E-state index in [-0.39, 0.29) is 23.5 Å². The summed E-state index contributed by atoms with van der Waals surface area (Å²) in [7, 11) is 2.96. The third-order valence-electron chi connectivity index (χ3n) is 5.25. The molecule has 0 atom stereocenters. The molecule has 1 aromatic carbocycles. The van der Waals surface area contributed by atoms with Crippen molar-refractivity contribution in [1.29, 1.82) is 0 Å². The van der Waals surface area contributed by atoms with E-state index in [1.54, 1.807) is 20.1 Å². The number of hydrogen-bond donors (Lipinski definition) is 1. The molecule has 7 heteroatoms. The number of carbonyl (C=O) groups excluding carboxylic acids is 2. The molecular weight excluding hydrogens is 374 g/mol. The number of benzene rings is 1. The number of amides is 1. The van der Waals surface area contributed by atoms with Crippen LogP contribution in [0.5, 0.6) is 5.75 Å². The topological polar surface area (TPSA) is 94.8 Å². The van der Waals surface area contributed by atoms with Crippen LogP contribution in [-0.2, 0) is 22.4 Å². The molecule has 3 rings (SSSR count). The Bertz CT molecular complexity index is 941. The van der Waals surface area contributed by atoms with Gasteiger partial charge < -0.3 is 19.2 Å². The molecular formula is C22H25NO6. The Morgan fingerprint density at radius 1 is 1.14 bits per heavy atom. The molecule has 0 unspecified atom stereocenters. The van der Waals surface area contributed by atoms with Crippen molar-refractivity contribution in [3.05, 3.63) is 63.2 Å². The van der Waals surface area contributed by atoms with Crippen LogP contribution < -0.4 is 15.7 Å². The van der Waals surface area contributed by atoms with Crippen LogP contribution >= 0.6 is 0 Å². The number of nitrogens with one attached hydrogen (secondary N) is 1. The van der Waals surface area contributed by atoms with E-state index in [0.717, 1.165) is 11.3 Å². The Kier molecular flexibility index (Phi) is 6.36. The van der Waals surface area contributed by atoms with Gasteiger partial charge in [-0.05, 0) is 55.5 Å². The van der Waals surface area contributed by atoms with E-state index in [2.05, 4.69) is 10.1 Å². The van der Waals surface area contributed by atoms with Gasteiger partial charge in [0.05, 0.1) is 20.1 Å². The zero-order valence-electron chi connectivity index (χ0n) is 16.8. The molecule has 154 valence electrons. The van der Waals surface area contributed by atoms with Crippen molar-refractivity contribution in [3.8, 4) is 5.75 Å². The minimum Gasteiger partial charge on any atom is -0.497 e. The second-order valence-corrected chi connectivity index (χ2v) is 7.27. The predicted molar refractivity (Wildman–Crippen MR) is 106 cm³/mol. The Morgan fingerprint density at radius 2 is 1.83 bits per heavy atom. The molecule has 1 heterocycles. The van der Waals surface area contributed by atoms with Crippen molar-refractivity contribution < 1.29 is 23.5 Å². The van der Waals surface area contributed by atoms with E-state index in [1.807, 2.05) is 24.3 Å². The Balaban J connectivity index is 1.60. The Labute approximate surface area is 169 Å². The molecule has 0 bridgehead atoms. The van der Waals surface area contributed by atoms with Crippen molar-refractivity contribution in [3.63, 3.8) is 0 Å². The molecule has 0 aliphatic heterocycles. The summed E-state index contributed by atoms with van der Waals surface area (Å²) >= 11 is 0. The molecule has 1 aromatic heterocycles. The SMILES string of the molecule is COC(=O)C1CC(NC(=O)c2c(C)cc(CCc3ccc(OC)cc3)oc2=O)C1. The zero-order valence-corrected chi connectivity index (χ0v) is 16.8. The lowest BCUT2D eigenvalue weighted by Crippen LogP contribution is -2.48. The zero-order chi connectivity index (χ0) is 21.0. The number of methoxy groups -OCH3 is 2. The van der Waals surface area contributed by atoms with Gasteiger partial charge in [0.25, 0.3) is 5.91 Å². The molecule has 1 amide bonds. The summed E-state index contributed by atoms with van der Waals surface area (Å²) in [4.78, 5) is 36.3. The largest absolute Gasteiger partial charge is 0.497 e. The van der Waals surface area contributed by atoms with Crippen LogP contribution in [0, 0.1) is 12.8 Å². The molecule has 0 spiro atoms. The summed E-state index contributed by atoms with van der Waals surface area (Å²) in [6.45, 7) is 1.72. The fraction of sp³-hybridized carbons (Fsp3) is 0.409. The number of hydrogen-bond acceptors (Lipinski definition) is 6. The summed E-state index contributed by atoms with van der Waals surface area (Å²) in [6, 6.07) is 9.29. The quantitative estimate of drug-likeness (QED) is 0.719. The Morgan fingerprint density at radius 3 is 2.41 bits per heavy atom. The van der Waals surface area contributed by atoms with Crippen LogP contribution in [0.2, 0.25) is 0 Å². The third-order valence-corrected chi connectivity index (χ3v) is 5.25. The lowest BCUT2D eigenvalue weighted by molar-refractivity contribution is -0.149. The predicted octanol–water partition coefficient (Wildman–Crippen LogP) is 2.42. The van der Waals surface area contributed by atoms with Crippen LogP contribution in [0.3, 0.4) is 0 Å².